The van der Waals surface area contributed by atoms with Crippen LogP contribution in [0.25, 0.3) is 0 Å². The van der Waals surface area contributed by atoms with Crippen molar-refractivity contribution in [1.29, 1.82) is 0 Å². The van der Waals surface area contributed by atoms with Gasteiger partial charge in [0.2, 0.25) is 0 Å². The molecule has 1 N–H and O–H groups in total. The van der Waals surface area contributed by atoms with E-state index < -0.39 is 21.8 Å². The van der Waals surface area contributed by atoms with E-state index in [0.717, 1.165) is 0 Å². The number of hydrogen-bond acceptors (Lipinski definition) is 3. The molecule has 0 radical (unpaired) electrons. The lowest BCUT2D eigenvalue weighted by Crippen LogP contribution is -2.41. The Morgan fingerprint density at radius 2 is 1.85 bits per heavy atom. The summed E-state index contributed by atoms with van der Waals surface area (Å²) in [6, 6.07) is -0.409. The zero-order valence-electron chi connectivity index (χ0n) is 6.87. The Kier molecular flexibility index (Phi) is 3.57. The molecule has 4 nitrogen and oxygen atoms in total. The number of hydrogen-bond donors (Lipinski definition) is 1. The van der Waals surface area contributed by atoms with Crippen LogP contribution >= 0.6 is 0 Å². The normalized spacial score (nSPS) is 20.8. The largest absolute Gasteiger partial charge is 0.381 e. The fraction of sp³-hybridized carbons (Fsp3) is 1.00. The summed E-state index contributed by atoms with van der Waals surface area (Å²) in [5.74, 6) is -3.35. The summed E-state index contributed by atoms with van der Waals surface area (Å²) in [6.45, 7) is 0.826. The van der Waals surface area contributed by atoms with Crippen molar-refractivity contribution < 1.29 is 21.9 Å². The minimum absolute atomic E-state index is 0.409. The number of ether oxygens (including phenoxy) is 1. The second-order valence-corrected chi connectivity index (χ2v) is 4.49. The second kappa shape index (κ2) is 4.30. The van der Waals surface area contributed by atoms with Crippen LogP contribution in [0.3, 0.4) is 0 Å². The van der Waals surface area contributed by atoms with Crippen molar-refractivity contribution in [2.24, 2.45) is 0 Å². The molecule has 0 aromatic carbocycles. The molecular weight excluding hydrogens is 204 g/mol. The highest BCUT2D eigenvalue weighted by Crippen LogP contribution is 2.10. The van der Waals surface area contributed by atoms with Gasteiger partial charge in [-0.3, -0.25) is 0 Å². The lowest BCUT2D eigenvalue weighted by atomic mass is 10.1. The van der Waals surface area contributed by atoms with Crippen molar-refractivity contribution in [3.05, 3.63) is 0 Å². The summed E-state index contributed by atoms with van der Waals surface area (Å²) in [7, 11) is -4.44. The van der Waals surface area contributed by atoms with E-state index in [4.69, 9.17) is 4.74 Å². The highest BCUT2D eigenvalue weighted by Gasteiger charge is 2.27. The van der Waals surface area contributed by atoms with E-state index in [9.17, 15) is 17.2 Å². The SMILES string of the molecule is O=S(=O)(NC1CCOCC1)C(F)F. The zero-order chi connectivity index (χ0) is 9.90. The van der Waals surface area contributed by atoms with Crippen LogP contribution in [0, 0.1) is 0 Å². The first-order chi connectivity index (χ1) is 6.02. The maximum atomic E-state index is 11.9. The van der Waals surface area contributed by atoms with Gasteiger partial charge in [0.1, 0.15) is 0 Å². The Labute approximate surface area is 75.3 Å². The van der Waals surface area contributed by atoms with Gasteiger partial charge in [0.25, 0.3) is 10.0 Å². The summed E-state index contributed by atoms with van der Waals surface area (Å²) in [5.41, 5.74) is 0. The molecule has 0 aliphatic carbocycles. The summed E-state index contributed by atoms with van der Waals surface area (Å²) in [6.07, 6.45) is 0.901. The molecule has 1 rings (SSSR count). The minimum atomic E-state index is -4.44. The second-order valence-electron chi connectivity index (χ2n) is 2.81. The zero-order valence-corrected chi connectivity index (χ0v) is 7.69. The number of rotatable bonds is 3. The van der Waals surface area contributed by atoms with E-state index in [0.29, 0.717) is 26.1 Å². The first kappa shape index (κ1) is 10.8. The van der Waals surface area contributed by atoms with Crippen LogP contribution in [0.4, 0.5) is 8.78 Å². The highest BCUT2D eigenvalue weighted by molar-refractivity contribution is 7.89. The average molecular weight is 215 g/mol. The summed E-state index contributed by atoms with van der Waals surface area (Å²) in [4.78, 5) is 0. The van der Waals surface area contributed by atoms with E-state index in [2.05, 4.69) is 0 Å². The molecule has 0 aromatic rings. The first-order valence-corrected chi connectivity index (χ1v) is 5.44. The summed E-state index contributed by atoms with van der Waals surface area (Å²) >= 11 is 0. The number of nitrogens with one attached hydrogen (secondary N) is 1. The molecule has 1 aliphatic heterocycles. The van der Waals surface area contributed by atoms with Gasteiger partial charge in [-0.2, -0.15) is 8.78 Å². The molecular formula is C6H11F2NO3S. The fourth-order valence-electron chi connectivity index (χ4n) is 1.10. The Morgan fingerprint density at radius 1 is 1.31 bits per heavy atom. The third-order valence-electron chi connectivity index (χ3n) is 1.79. The van der Waals surface area contributed by atoms with Gasteiger partial charge in [-0.1, -0.05) is 0 Å². The summed E-state index contributed by atoms with van der Waals surface area (Å²) < 4.78 is 52.1. The van der Waals surface area contributed by atoms with Crippen LogP contribution in [-0.2, 0) is 14.8 Å². The van der Waals surface area contributed by atoms with Gasteiger partial charge in [-0.25, -0.2) is 13.1 Å². The van der Waals surface area contributed by atoms with Gasteiger partial charge < -0.3 is 4.74 Å². The Morgan fingerprint density at radius 3 is 2.31 bits per heavy atom. The van der Waals surface area contributed by atoms with Crippen molar-refractivity contribution in [3.63, 3.8) is 0 Å². The van der Waals surface area contributed by atoms with E-state index in [1.807, 2.05) is 4.72 Å². The standard InChI is InChI=1S/C6H11F2NO3S/c7-6(8)13(10,11)9-5-1-3-12-4-2-5/h5-6,9H,1-4H2. The number of alkyl halides is 2. The Hall–Kier alpha value is -0.270. The lowest BCUT2D eigenvalue weighted by molar-refractivity contribution is 0.0825. The van der Waals surface area contributed by atoms with Crippen molar-refractivity contribution in [3.8, 4) is 0 Å². The van der Waals surface area contributed by atoms with Crippen LogP contribution in [0.2, 0.25) is 0 Å². The molecule has 1 aliphatic rings. The monoisotopic (exact) mass is 215 g/mol. The molecule has 0 amide bonds. The minimum Gasteiger partial charge on any atom is -0.381 e. The predicted molar refractivity (Wildman–Crippen MR) is 41.9 cm³/mol. The third-order valence-corrected chi connectivity index (χ3v) is 2.92. The third kappa shape index (κ3) is 3.17. The van der Waals surface area contributed by atoms with Crippen LogP contribution in [-0.4, -0.2) is 33.4 Å². The fourth-order valence-corrected chi connectivity index (χ4v) is 1.90. The molecule has 0 atom stereocenters. The molecule has 78 valence electrons. The molecule has 0 aromatic heterocycles. The van der Waals surface area contributed by atoms with Crippen LogP contribution in [0.1, 0.15) is 12.8 Å². The maximum absolute atomic E-state index is 11.9. The Bertz CT molecular complexity index is 249. The van der Waals surface area contributed by atoms with Crippen molar-refractivity contribution >= 4 is 10.0 Å². The van der Waals surface area contributed by atoms with Crippen molar-refractivity contribution in [2.75, 3.05) is 13.2 Å². The van der Waals surface area contributed by atoms with Gasteiger partial charge in [-0.15, -0.1) is 0 Å². The summed E-state index contributed by atoms with van der Waals surface area (Å²) in [5, 5.41) is 0. The molecule has 13 heavy (non-hydrogen) atoms. The molecule has 1 fully saturated rings. The highest BCUT2D eigenvalue weighted by atomic mass is 32.2. The lowest BCUT2D eigenvalue weighted by Gasteiger charge is -2.22. The molecule has 0 unspecified atom stereocenters. The molecule has 7 heteroatoms. The van der Waals surface area contributed by atoms with Gasteiger partial charge in [0.15, 0.2) is 0 Å². The van der Waals surface area contributed by atoms with Crippen LogP contribution in [0.5, 0.6) is 0 Å². The van der Waals surface area contributed by atoms with Crippen LogP contribution in [0.15, 0.2) is 0 Å². The number of halogens is 2. The Balaban J connectivity index is 2.47. The van der Waals surface area contributed by atoms with Gasteiger partial charge in [0.05, 0.1) is 0 Å². The molecule has 1 saturated heterocycles. The van der Waals surface area contributed by atoms with Crippen molar-refractivity contribution in [1.82, 2.24) is 4.72 Å². The smallest absolute Gasteiger partial charge is 0.350 e. The topological polar surface area (TPSA) is 55.4 Å². The quantitative estimate of drug-likeness (QED) is 0.737. The molecule has 1 heterocycles. The first-order valence-electron chi connectivity index (χ1n) is 3.89. The molecule has 0 spiro atoms. The maximum Gasteiger partial charge on any atom is 0.350 e. The van der Waals surface area contributed by atoms with Crippen LogP contribution < -0.4 is 4.72 Å². The predicted octanol–water partition coefficient (Wildman–Crippen LogP) is 0.307. The van der Waals surface area contributed by atoms with E-state index in [-0.39, 0.29) is 0 Å². The molecule has 0 saturated carbocycles. The molecule has 0 bridgehead atoms. The van der Waals surface area contributed by atoms with Crippen molar-refractivity contribution in [2.45, 2.75) is 24.6 Å². The van der Waals surface area contributed by atoms with Gasteiger partial charge in [0, 0.05) is 19.3 Å². The average Bonchev–Trinajstić information content (AvgIpc) is 2.05. The van der Waals surface area contributed by atoms with E-state index >= 15 is 0 Å². The van der Waals surface area contributed by atoms with E-state index in [1.54, 1.807) is 0 Å². The van der Waals surface area contributed by atoms with Gasteiger partial charge in [-0.05, 0) is 12.8 Å². The van der Waals surface area contributed by atoms with E-state index in [1.165, 1.54) is 0 Å². The van der Waals surface area contributed by atoms with Gasteiger partial charge >= 0.3 is 5.76 Å². The number of sulfonamides is 1.